The Morgan fingerprint density at radius 3 is 2.48 bits per heavy atom. The average molecular weight is 296 g/mol. The predicted molar refractivity (Wildman–Crippen MR) is 89.7 cm³/mol. The number of rotatable bonds is 6. The zero-order chi connectivity index (χ0) is 15.3. The second-order valence-corrected chi connectivity index (χ2v) is 7.89. The lowest BCUT2D eigenvalue weighted by Gasteiger charge is -2.45. The highest BCUT2D eigenvalue weighted by Gasteiger charge is 2.36. The first-order chi connectivity index (χ1) is 10.0. The molecule has 0 spiro atoms. The molecule has 0 aromatic carbocycles. The molecule has 1 aliphatic heterocycles. The van der Waals surface area contributed by atoms with E-state index in [2.05, 4.69) is 38.0 Å². The van der Waals surface area contributed by atoms with Crippen molar-refractivity contribution in [3.63, 3.8) is 0 Å². The Hall–Kier alpha value is -0.120. The normalized spacial score (nSPS) is 30.0. The van der Waals surface area contributed by atoms with Gasteiger partial charge in [0.25, 0.3) is 0 Å². The molecule has 3 nitrogen and oxygen atoms in total. The van der Waals surface area contributed by atoms with Crippen molar-refractivity contribution in [1.29, 1.82) is 0 Å². The summed E-state index contributed by atoms with van der Waals surface area (Å²) in [5.41, 5.74) is 0.411. The van der Waals surface area contributed by atoms with Crippen molar-refractivity contribution in [2.75, 3.05) is 33.4 Å². The minimum atomic E-state index is 0.411. The maximum absolute atomic E-state index is 5.63. The molecule has 2 rings (SSSR count). The number of hydrogen-bond acceptors (Lipinski definition) is 3. The van der Waals surface area contributed by atoms with Gasteiger partial charge >= 0.3 is 0 Å². The van der Waals surface area contributed by atoms with E-state index in [0.717, 1.165) is 31.7 Å². The van der Waals surface area contributed by atoms with E-state index in [-0.39, 0.29) is 0 Å². The van der Waals surface area contributed by atoms with Gasteiger partial charge in [-0.05, 0) is 44.1 Å². The van der Waals surface area contributed by atoms with Gasteiger partial charge in [0.1, 0.15) is 0 Å². The van der Waals surface area contributed by atoms with Crippen LogP contribution in [0, 0.1) is 11.3 Å². The molecule has 2 fully saturated rings. The van der Waals surface area contributed by atoms with Crippen LogP contribution >= 0.6 is 0 Å². The molecule has 2 atom stereocenters. The zero-order valence-electron chi connectivity index (χ0n) is 14.7. The summed E-state index contributed by atoms with van der Waals surface area (Å²) in [4.78, 5) is 2.68. The SMILES string of the molecule is CC(C)NCC1(CN(C)C2CCCCC2C)CCOCC1. The fourth-order valence-corrected chi connectivity index (χ4v) is 4.21. The highest BCUT2D eigenvalue weighted by molar-refractivity contribution is 4.90. The van der Waals surface area contributed by atoms with Crippen molar-refractivity contribution in [2.45, 2.75) is 71.4 Å². The lowest BCUT2D eigenvalue weighted by atomic mass is 9.77. The van der Waals surface area contributed by atoms with Crippen molar-refractivity contribution in [3.05, 3.63) is 0 Å². The summed E-state index contributed by atoms with van der Waals surface area (Å²) in [7, 11) is 2.36. The molecule has 1 saturated carbocycles. The Morgan fingerprint density at radius 2 is 1.86 bits per heavy atom. The molecule has 1 saturated heterocycles. The Labute approximate surface area is 131 Å². The molecule has 1 aliphatic carbocycles. The molecule has 124 valence electrons. The summed E-state index contributed by atoms with van der Waals surface area (Å²) in [6, 6.07) is 1.36. The van der Waals surface area contributed by atoms with E-state index in [1.807, 2.05) is 0 Å². The summed E-state index contributed by atoms with van der Waals surface area (Å²) >= 11 is 0. The van der Waals surface area contributed by atoms with E-state index in [1.165, 1.54) is 45.1 Å². The Kier molecular flexibility index (Phi) is 6.51. The van der Waals surface area contributed by atoms with Gasteiger partial charge in [-0.25, -0.2) is 0 Å². The molecule has 2 aliphatic rings. The highest BCUT2D eigenvalue weighted by atomic mass is 16.5. The summed E-state index contributed by atoms with van der Waals surface area (Å²) < 4.78 is 5.63. The van der Waals surface area contributed by atoms with Crippen LogP contribution in [0.25, 0.3) is 0 Å². The molecule has 21 heavy (non-hydrogen) atoms. The largest absolute Gasteiger partial charge is 0.381 e. The van der Waals surface area contributed by atoms with Crippen LogP contribution in [0.4, 0.5) is 0 Å². The van der Waals surface area contributed by atoms with Crippen LogP contribution in [0.5, 0.6) is 0 Å². The van der Waals surface area contributed by atoms with E-state index in [9.17, 15) is 0 Å². The van der Waals surface area contributed by atoms with Gasteiger partial charge in [0.2, 0.25) is 0 Å². The van der Waals surface area contributed by atoms with Crippen LogP contribution in [0.3, 0.4) is 0 Å². The maximum atomic E-state index is 5.63. The number of nitrogens with zero attached hydrogens (tertiary/aromatic N) is 1. The minimum absolute atomic E-state index is 0.411. The molecule has 0 radical (unpaired) electrons. The molecule has 3 heteroatoms. The van der Waals surface area contributed by atoms with Crippen molar-refractivity contribution >= 4 is 0 Å². The second kappa shape index (κ2) is 7.94. The van der Waals surface area contributed by atoms with Gasteiger partial charge in [-0.1, -0.05) is 33.6 Å². The summed E-state index contributed by atoms with van der Waals surface area (Å²) in [5.74, 6) is 0.860. The van der Waals surface area contributed by atoms with Crippen LogP contribution in [0.15, 0.2) is 0 Å². The molecular weight excluding hydrogens is 260 g/mol. The predicted octanol–water partition coefficient (Wildman–Crippen LogP) is 3.29. The van der Waals surface area contributed by atoms with Crippen LogP contribution in [0.2, 0.25) is 0 Å². The fourth-order valence-electron chi connectivity index (χ4n) is 4.21. The second-order valence-electron chi connectivity index (χ2n) is 7.89. The molecule has 0 bridgehead atoms. The van der Waals surface area contributed by atoms with Crippen LogP contribution in [-0.4, -0.2) is 50.3 Å². The van der Waals surface area contributed by atoms with E-state index in [0.29, 0.717) is 11.5 Å². The monoisotopic (exact) mass is 296 g/mol. The highest BCUT2D eigenvalue weighted by Crippen LogP contribution is 2.34. The topological polar surface area (TPSA) is 24.5 Å². The van der Waals surface area contributed by atoms with Crippen LogP contribution in [0.1, 0.15) is 59.3 Å². The molecule has 1 heterocycles. The Bertz CT molecular complexity index is 300. The molecular formula is C18H36N2O. The van der Waals surface area contributed by atoms with E-state index < -0.39 is 0 Å². The summed E-state index contributed by atoms with van der Waals surface area (Å²) in [5, 5.41) is 3.69. The zero-order valence-corrected chi connectivity index (χ0v) is 14.7. The molecule has 2 unspecified atom stereocenters. The van der Waals surface area contributed by atoms with Gasteiger partial charge in [-0.2, -0.15) is 0 Å². The molecule has 0 amide bonds. The standard InChI is InChI=1S/C18H36N2O/c1-15(2)19-13-18(9-11-21-12-10-18)14-20(4)17-8-6-5-7-16(17)3/h15-17,19H,5-14H2,1-4H3. The van der Waals surface area contributed by atoms with Crippen molar-refractivity contribution in [3.8, 4) is 0 Å². The molecule has 0 aromatic heterocycles. The van der Waals surface area contributed by atoms with Crippen molar-refractivity contribution < 1.29 is 4.74 Å². The summed E-state index contributed by atoms with van der Waals surface area (Å²) in [6.07, 6.45) is 8.06. The molecule has 0 aromatic rings. The fraction of sp³-hybridized carbons (Fsp3) is 1.00. The summed E-state index contributed by atoms with van der Waals surface area (Å²) in [6.45, 7) is 11.2. The van der Waals surface area contributed by atoms with Gasteiger partial charge < -0.3 is 15.0 Å². The van der Waals surface area contributed by atoms with Crippen molar-refractivity contribution in [1.82, 2.24) is 10.2 Å². The van der Waals surface area contributed by atoms with Crippen LogP contribution < -0.4 is 5.32 Å². The first-order valence-corrected chi connectivity index (χ1v) is 9.04. The van der Waals surface area contributed by atoms with Gasteiger partial charge in [-0.15, -0.1) is 0 Å². The van der Waals surface area contributed by atoms with Gasteiger partial charge in [-0.3, -0.25) is 0 Å². The lowest BCUT2D eigenvalue weighted by Crippen LogP contribution is -2.51. The van der Waals surface area contributed by atoms with E-state index in [4.69, 9.17) is 4.74 Å². The number of nitrogens with one attached hydrogen (secondary N) is 1. The first kappa shape index (κ1) is 17.2. The smallest absolute Gasteiger partial charge is 0.0472 e. The number of hydrogen-bond donors (Lipinski definition) is 1. The third-order valence-corrected chi connectivity index (χ3v) is 5.66. The quantitative estimate of drug-likeness (QED) is 0.814. The Balaban J connectivity index is 1.96. The maximum Gasteiger partial charge on any atom is 0.0472 e. The lowest BCUT2D eigenvalue weighted by molar-refractivity contribution is -0.0148. The first-order valence-electron chi connectivity index (χ1n) is 9.04. The number of ether oxygens (including phenoxy) is 1. The van der Waals surface area contributed by atoms with Gasteiger partial charge in [0.05, 0.1) is 0 Å². The van der Waals surface area contributed by atoms with Gasteiger partial charge in [0, 0.05) is 38.4 Å². The third-order valence-electron chi connectivity index (χ3n) is 5.66. The van der Waals surface area contributed by atoms with Gasteiger partial charge in [0.15, 0.2) is 0 Å². The van der Waals surface area contributed by atoms with E-state index in [1.54, 1.807) is 0 Å². The molecule has 1 N–H and O–H groups in total. The average Bonchev–Trinajstić information content (AvgIpc) is 2.46. The van der Waals surface area contributed by atoms with E-state index >= 15 is 0 Å². The minimum Gasteiger partial charge on any atom is -0.381 e. The van der Waals surface area contributed by atoms with Crippen LogP contribution in [-0.2, 0) is 4.74 Å². The Morgan fingerprint density at radius 1 is 1.19 bits per heavy atom. The third kappa shape index (κ3) is 4.94. The van der Waals surface area contributed by atoms with Crippen molar-refractivity contribution in [2.24, 2.45) is 11.3 Å².